The summed E-state index contributed by atoms with van der Waals surface area (Å²) in [6.07, 6.45) is 0.543. The van der Waals surface area contributed by atoms with Gasteiger partial charge in [-0.1, -0.05) is 66.4 Å². The summed E-state index contributed by atoms with van der Waals surface area (Å²) in [5.74, 6) is 0. The summed E-state index contributed by atoms with van der Waals surface area (Å²) >= 11 is 1.31. The molecule has 0 saturated heterocycles. The molecule has 0 amide bonds. The predicted molar refractivity (Wildman–Crippen MR) is 137 cm³/mol. The molecule has 0 bridgehead atoms. The maximum Gasteiger partial charge on any atom is 0.191 e. The van der Waals surface area contributed by atoms with Gasteiger partial charge in [0.1, 0.15) is 19.5 Å². The molecule has 0 radical (unpaired) electrons. The Bertz CT molecular complexity index is 775. The van der Waals surface area contributed by atoms with Crippen molar-refractivity contribution in [2.45, 2.75) is 109 Å². The second kappa shape index (κ2) is 8.50. The van der Waals surface area contributed by atoms with E-state index in [2.05, 4.69) is 72.3 Å². The van der Waals surface area contributed by atoms with Crippen molar-refractivity contribution < 1.29 is 13.7 Å². The molecule has 2 atom stereocenters. The monoisotopic (exact) mass is 495 g/mol. The molecule has 0 fully saturated rings. The minimum atomic E-state index is -3.41. The van der Waals surface area contributed by atoms with Crippen LogP contribution < -0.4 is 5.14 Å². The number of rotatable bonds is 7. The van der Waals surface area contributed by atoms with Gasteiger partial charge in [-0.15, -0.1) is 0 Å². The Hall–Kier alpha value is 0.154. The molecule has 4 N–H and O–H groups in total. The lowest BCUT2D eigenvalue weighted by molar-refractivity contribution is 0.0489. The molecule has 0 aliphatic carbocycles. The van der Waals surface area contributed by atoms with Gasteiger partial charge in [0.05, 0.1) is 5.60 Å². The van der Waals surface area contributed by atoms with Crippen molar-refractivity contribution in [3.63, 3.8) is 0 Å². The van der Waals surface area contributed by atoms with E-state index in [1.807, 2.05) is 0 Å². The number of nitrogens with two attached hydrogens (primary N) is 1. The highest BCUT2D eigenvalue weighted by atomic mass is 32.3. The van der Waals surface area contributed by atoms with Crippen molar-refractivity contribution in [2.75, 3.05) is 6.61 Å². The lowest BCUT2D eigenvalue weighted by Gasteiger charge is -2.51. The van der Waals surface area contributed by atoms with E-state index in [4.69, 9.17) is 14.3 Å². The van der Waals surface area contributed by atoms with Gasteiger partial charge in [0.15, 0.2) is 16.6 Å². The molecule has 0 saturated carbocycles. The van der Waals surface area contributed by atoms with Crippen molar-refractivity contribution in [3.05, 3.63) is 9.93 Å². The fraction of sp³-hybridized carbons (Fsp3) is 0.900. The first-order chi connectivity index (χ1) is 12.9. The third-order valence-electron chi connectivity index (χ3n) is 6.90. The van der Waals surface area contributed by atoms with Crippen molar-refractivity contribution in [2.24, 2.45) is 5.14 Å². The molecule has 10 heteroatoms. The number of hydrogen-bond acceptors (Lipinski definition) is 6. The van der Waals surface area contributed by atoms with Crippen molar-refractivity contribution in [1.82, 2.24) is 4.57 Å². The molecule has 1 heterocycles. The van der Waals surface area contributed by atoms with Crippen LogP contribution in [0.15, 0.2) is 9.93 Å². The summed E-state index contributed by atoms with van der Waals surface area (Å²) in [5.41, 5.74) is -0.210. The van der Waals surface area contributed by atoms with Gasteiger partial charge in [-0.3, -0.25) is 0 Å². The topological polar surface area (TPSA) is 99.6 Å². The zero-order valence-electron chi connectivity index (χ0n) is 21.1. The standard InChI is InChI=1S/C20H45N3O3S2Si2/c1-18(2,3)29(9,10)23-15(13-14-26-30(11,12)19(4,5)6)16(28(21,22)25)27-17(23)20(7,8)24/h17,24H,13-14H2,1-12H3,(H3,21,22,25). The van der Waals surface area contributed by atoms with Gasteiger partial charge in [0.2, 0.25) is 0 Å². The first-order valence-corrected chi connectivity index (χ1v) is 18.9. The van der Waals surface area contributed by atoms with Crippen molar-refractivity contribution in [1.29, 1.82) is 4.78 Å². The fourth-order valence-electron chi connectivity index (χ4n) is 3.00. The molecule has 0 aromatic heterocycles. The molecule has 6 nitrogen and oxygen atoms in total. The van der Waals surface area contributed by atoms with E-state index >= 15 is 0 Å². The van der Waals surface area contributed by atoms with Crippen LogP contribution in [0.1, 0.15) is 61.8 Å². The van der Waals surface area contributed by atoms with E-state index in [0.29, 0.717) is 17.3 Å². The third-order valence-corrected chi connectivity index (χ3v) is 20.3. The Labute approximate surface area is 191 Å². The van der Waals surface area contributed by atoms with Gasteiger partial charge >= 0.3 is 0 Å². The van der Waals surface area contributed by atoms with E-state index in [9.17, 15) is 9.32 Å². The Balaban J connectivity index is 3.48. The van der Waals surface area contributed by atoms with E-state index < -0.39 is 32.1 Å². The van der Waals surface area contributed by atoms with Crippen LogP contribution in [0.3, 0.4) is 0 Å². The van der Waals surface area contributed by atoms with E-state index in [0.717, 1.165) is 5.70 Å². The van der Waals surface area contributed by atoms with Crippen LogP contribution in [0.5, 0.6) is 0 Å². The Morgan fingerprint density at radius 1 is 1.10 bits per heavy atom. The van der Waals surface area contributed by atoms with E-state index in [1.165, 1.54) is 11.8 Å². The van der Waals surface area contributed by atoms with Gasteiger partial charge in [-0.25, -0.2) is 14.1 Å². The minimum absolute atomic E-state index is 0.00441. The maximum atomic E-state index is 12.8. The lowest BCUT2D eigenvalue weighted by atomic mass is 10.1. The second-order valence-electron chi connectivity index (χ2n) is 12.0. The average Bonchev–Trinajstić information content (AvgIpc) is 2.84. The first kappa shape index (κ1) is 28.2. The van der Waals surface area contributed by atoms with Gasteiger partial charge in [0, 0.05) is 18.7 Å². The smallest absolute Gasteiger partial charge is 0.191 e. The fourth-order valence-corrected chi connectivity index (χ4v) is 10.1. The second-order valence-corrected chi connectivity index (χ2v) is 24.9. The first-order valence-electron chi connectivity index (χ1n) is 10.6. The molecule has 0 aromatic rings. The van der Waals surface area contributed by atoms with Crippen LogP contribution in [0.25, 0.3) is 0 Å². The summed E-state index contributed by atoms with van der Waals surface area (Å²) in [6.45, 7) is 26.3. The van der Waals surface area contributed by atoms with Gasteiger partial charge in [-0.2, -0.15) is 0 Å². The number of thioether (sulfide) groups is 1. The summed E-state index contributed by atoms with van der Waals surface area (Å²) in [5, 5.41) is 16.6. The highest BCUT2D eigenvalue weighted by Crippen LogP contribution is 2.53. The molecule has 1 rings (SSSR count). The molecular formula is C20H45N3O3S2Si2. The Morgan fingerprint density at radius 2 is 1.57 bits per heavy atom. The van der Waals surface area contributed by atoms with Crippen LogP contribution in [0, 0.1) is 4.78 Å². The summed E-state index contributed by atoms with van der Waals surface area (Å²) in [6, 6.07) is 0. The van der Waals surface area contributed by atoms with Crippen molar-refractivity contribution in [3.8, 4) is 0 Å². The molecule has 2 unspecified atom stereocenters. The SMILES string of the molecule is CC(C)(O)C1SC(S(=N)(N)=O)=C(CCO[Si](C)(C)C(C)(C)C)N1[Si](C)(C)C(C)(C)C. The molecule has 30 heavy (non-hydrogen) atoms. The normalized spacial score (nSPS) is 21.9. The number of nitrogens with zero attached hydrogens (tertiary/aromatic N) is 1. The molecule has 0 aromatic carbocycles. The number of nitrogens with one attached hydrogen (secondary N) is 1. The third kappa shape index (κ3) is 5.93. The lowest BCUT2D eigenvalue weighted by Crippen LogP contribution is -2.60. The molecule has 1 aliphatic heterocycles. The maximum absolute atomic E-state index is 12.8. The zero-order chi connectivity index (χ0) is 24.1. The predicted octanol–water partition coefficient (Wildman–Crippen LogP) is 5.64. The molecule has 1 aliphatic rings. The molecule has 178 valence electrons. The van der Waals surface area contributed by atoms with Crippen LogP contribution >= 0.6 is 11.8 Å². The summed E-state index contributed by atoms with van der Waals surface area (Å²) in [4.78, 5) is 0. The molecular weight excluding hydrogens is 451 g/mol. The Kier molecular flexibility index (Phi) is 7.98. The van der Waals surface area contributed by atoms with Crippen LogP contribution in [0.4, 0.5) is 0 Å². The largest absolute Gasteiger partial charge is 0.416 e. The Morgan fingerprint density at radius 3 is 1.90 bits per heavy atom. The van der Waals surface area contributed by atoms with Crippen molar-refractivity contribution >= 4 is 38.2 Å². The summed E-state index contributed by atoms with van der Waals surface area (Å²) in [7, 11) is -7.52. The average molecular weight is 496 g/mol. The highest BCUT2D eigenvalue weighted by Gasteiger charge is 2.53. The van der Waals surface area contributed by atoms with Gasteiger partial charge in [0.25, 0.3) is 0 Å². The number of hydrogen-bond donors (Lipinski definition) is 3. The minimum Gasteiger partial charge on any atom is -0.416 e. The van der Waals surface area contributed by atoms with Gasteiger partial charge in [-0.05, 0) is 37.0 Å². The van der Waals surface area contributed by atoms with E-state index in [-0.39, 0.29) is 15.5 Å². The van der Waals surface area contributed by atoms with Gasteiger partial charge < -0.3 is 14.1 Å². The molecule has 0 spiro atoms. The quantitative estimate of drug-likeness (QED) is 0.397. The number of aliphatic hydroxyl groups is 1. The van der Waals surface area contributed by atoms with E-state index in [1.54, 1.807) is 13.8 Å². The summed E-state index contributed by atoms with van der Waals surface area (Å²) < 4.78 is 30.0. The highest BCUT2D eigenvalue weighted by molar-refractivity contribution is 8.18. The van der Waals surface area contributed by atoms with Crippen LogP contribution in [-0.2, 0) is 14.3 Å². The zero-order valence-corrected chi connectivity index (χ0v) is 24.7. The van der Waals surface area contributed by atoms with Crippen LogP contribution in [-0.4, -0.2) is 48.0 Å². The van der Waals surface area contributed by atoms with Crippen LogP contribution in [0.2, 0.25) is 36.3 Å².